The molecule has 0 spiro atoms. The topological polar surface area (TPSA) is 41.5 Å². The number of aliphatic hydroxyl groups is 1. The summed E-state index contributed by atoms with van der Waals surface area (Å²) >= 11 is 5.86. The van der Waals surface area contributed by atoms with Crippen molar-refractivity contribution in [2.24, 2.45) is 0 Å². The van der Waals surface area contributed by atoms with Crippen LogP contribution in [-0.4, -0.2) is 24.4 Å². The lowest BCUT2D eigenvalue weighted by Gasteiger charge is -2.14. The normalized spacial score (nSPS) is 11.9. The fraction of sp³-hybridized carbons (Fsp3) is 0.250. The monoisotopic (exact) mass is 291 g/mol. The molecule has 1 unspecified atom stereocenters. The van der Waals surface area contributed by atoms with Gasteiger partial charge in [-0.25, -0.2) is 0 Å². The van der Waals surface area contributed by atoms with Crippen molar-refractivity contribution >= 4 is 17.3 Å². The summed E-state index contributed by atoms with van der Waals surface area (Å²) in [5, 5.41) is 13.7. The molecule has 3 nitrogen and oxygen atoms in total. The second kappa shape index (κ2) is 7.17. The molecule has 0 radical (unpaired) electrons. The van der Waals surface area contributed by atoms with Crippen molar-refractivity contribution in [1.29, 1.82) is 0 Å². The number of aryl methyl sites for hydroxylation is 1. The Kier molecular flexibility index (Phi) is 5.27. The Balaban J connectivity index is 1.75. The lowest BCUT2D eigenvalue weighted by atomic mass is 10.2. The molecule has 1 atom stereocenters. The molecule has 2 aromatic rings. The summed E-state index contributed by atoms with van der Waals surface area (Å²) in [5.41, 5.74) is 2.19. The van der Waals surface area contributed by atoms with Crippen LogP contribution in [0.5, 0.6) is 5.75 Å². The number of rotatable bonds is 6. The molecule has 0 saturated carbocycles. The summed E-state index contributed by atoms with van der Waals surface area (Å²) in [6.45, 7) is 2.69. The first-order valence-corrected chi connectivity index (χ1v) is 6.88. The van der Waals surface area contributed by atoms with Crippen molar-refractivity contribution in [3.8, 4) is 5.75 Å². The number of hydrogen-bond donors (Lipinski definition) is 2. The zero-order valence-electron chi connectivity index (χ0n) is 11.3. The van der Waals surface area contributed by atoms with Crippen LogP contribution in [0, 0.1) is 6.92 Å². The second-order valence-electron chi connectivity index (χ2n) is 4.67. The van der Waals surface area contributed by atoms with Gasteiger partial charge in [-0.05, 0) is 37.3 Å². The summed E-state index contributed by atoms with van der Waals surface area (Å²) in [7, 11) is 0. The number of hydrogen-bond acceptors (Lipinski definition) is 3. The minimum Gasteiger partial charge on any atom is -0.491 e. The number of anilines is 1. The molecule has 0 fully saturated rings. The molecule has 2 rings (SSSR count). The molecular weight excluding hydrogens is 274 g/mol. The highest BCUT2D eigenvalue weighted by atomic mass is 35.5. The maximum Gasteiger partial charge on any atom is 0.120 e. The van der Waals surface area contributed by atoms with Gasteiger partial charge in [0.2, 0.25) is 0 Å². The zero-order valence-corrected chi connectivity index (χ0v) is 12.1. The number of halogens is 1. The van der Waals surface area contributed by atoms with Crippen molar-refractivity contribution in [3.05, 3.63) is 59.1 Å². The van der Waals surface area contributed by atoms with Crippen LogP contribution in [0.4, 0.5) is 5.69 Å². The number of nitrogens with one attached hydrogen (secondary N) is 1. The fourth-order valence-corrected chi connectivity index (χ4v) is 1.90. The van der Waals surface area contributed by atoms with E-state index in [1.807, 2.05) is 43.3 Å². The van der Waals surface area contributed by atoms with Crippen LogP contribution in [0.25, 0.3) is 0 Å². The van der Waals surface area contributed by atoms with Gasteiger partial charge in [0.05, 0.1) is 0 Å². The molecule has 2 N–H and O–H groups in total. The van der Waals surface area contributed by atoms with E-state index in [9.17, 15) is 5.11 Å². The minimum absolute atomic E-state index is 0.221. The Morgan fingerprint density at radius 1 is 1.20 bits per heavy atom. The first-order chi connectivity index (χ1) is 9.63. The van der Waals surface area contributed by atoms with Crippen LogP contribution >= 0.6 is 11.6 Å². The van der Waals surface area contributed by atoms with E-state index in [2.05, 4.69) is 5.32 Å². The van der Waals surface area contributed by atoms with Gasteiger partial charge < -0.3 is 15.2 Å². The van der Waals surface area contributed by atoms with E-state index in [-0.39, 0.29) is 6.61 Å². The molecule has 0 aromatic heterocycles. The van der Waals surface area contributed by atoms with Crippen molar-refractivity contribution in [2.45, 2.75) is 13.0 Å². The average molecular weight is 292 g/mol. The van der Waals surface area contributed by atoms with Gasteiger partial charge in [-0.3, -0.25) is 0 Å². The highest BCUT2D eigenvalue weighted by Gasteiger charge is 2.05. The van der Waals surface area contributed by atoms with Crippen LogP contribution in [0.1, 0.15) is 5.56 Å². The van der Waals surface area contributed by atoms with Gasteiger partial charge in [-0.2, -0.15) is 0 Å². The minimum atomic E-state index is -0.588. The summed E-state index contributed by atoms with van der Waals surface area (Å²) < 4.78 is 5.48. The maximum absolute atomic E-state index is 9.88. The standard InChI is InChI=1S/C16H18ClNO2/c1-12-5-7-14(8-6-12)18-10-15(19)11-20-16-4-2-3-13(17)9-16/h2-9,15,18-19H,10-11H2,1H3. The van der Waals surface area contributed by atoms with E-state index in [0.29, 0.717) is 17.3 Å². The predicted molar refractivity (Wildman–Crippen MR) is 82.6 cm³/mol. The summed E-state index contributed by atoms with van der Waals surface area (Å²) in [5.74, 6) is 0.659. The third kappa shape index (κ3) is 4.76. The predicted octanol–water partition coefficient (Wildman–Crippen LogP) is 3.50. The van der Waals surface area contributed by atoms with Gasteiger partial charge in [-0.15, -0.1) is 0 Å². The van der Waals surface area contributed by atoms with Gasteiger partial charge in [0.15, 0.2) is 0 Å². The number of ether oxygens (including phenoxy) is 1. The fourth-order valence-electron chi connectivity index (χ4n) is 1.72. The molecule has 0 aliphatic carbocycles. The van der Waals surface area contributed by atoms with E-state index in [4.69, 9.17) is 16.3 Å². The van der Waals surface area contributed by atoms with E-state index in [1.54, 1.807) is 12.1 Å². The lowest BCUT2D eigenvalue weighted by molar-refractivity contribution is 0.117. The molecular formula is C16H18ClNO2. The van der Waals surface area contributed by atoms with Crippen molar-refractivity contribution < 1.29 is 9.84 Å². The van der Waals surface area contributed by atoms with Crippen LogP contribution in [0.2, 0.25) is 5.02 Å². The SMILES string of the molecule is Cc1ccc(NCC(O)COc2cccc(Cl)c2)cc1. The molecule has 0 heterocycles. The Bertz CT molecular complexity index is 542. The van der Waals surface area contributed by atoms with Gasteiger partial charge in [0, 0.05) is 17.3 Å². The van der Waals surface area contributed by atoms with Crippen molar-refractivity contribution in [2.75, 3.05) is 18.5 Å². The molecule has 20 heavy (non-hydrogen) atoms. The Labute approximate surface area is 124 Å². The molecule has 106 valence electrons. The summed E-state index contributed by atoms with van der Waals surface area (Å²) in [6, 6.07) is 15.2. The second-order valence-corrected chi connectivity index (χ2v) is 5.11. The highest BCUT2D eigenvalue weighted by Crippen LogP contribution is 2.17. The number of benzene rings is 2. The van der Waals surface area contributed by atoms with Crippen LogP contribution in [0.3, 0.4) is 0 Å². The third-order valence-corrected chi connectivity index (χ3v) is 3.07. The Morgan fingerprint density at radius 3 is 2.65 bits per heavy atom. The van der Waals surface area contributed by atoms with Crippen LogP contribution < -0.4 is 10.1 Å². The molecule has 0 amide bonds. The van der Waals surface area contributed by atoms with E-state index in [0.717, 1.165) is 5.69 Å². The first-order valence-electron chi connectivity index (χ1n) is 6.50. The average Bonchev–Trinajstić information content (AvgIpc) is 2.45. The van der Waals surface area contributed by atoms with Gasteiger partial charge >= 0.3 is 0 Å². The smallest absolute Gasteiger partial charge is 0.120 e. The number of aliphatic hydroxyl groups excluding tert-OH is 1. The van der Waals surface area contributed by atoms with Gasteiger partial charge in [0.1, 0.15) is 18.5 Å². The molecule has 0 aliphatic heterocycles. The van der Waals surface area contributed by atoms with Crippen molar-refractivity contribution in [3.63, 3.8) is 0 Å². The van der Waals surface area contributed by atoms with Gasteiger partial charge in [-0.1, -0.05) is 35.4 Å². The highest BCUT2D eigenvalue weighted by molar-refractivity contribution is 6.30. The summed E-state index contributed by atoms with van der Waals surface area (Å²) in [6.07, 6.45) is -0.588. The molecule has 4 heteroatoms. The first kappa shape index (κ1) is 14.7. The Hall–Kier alpha value is -1.71. The van der Waals surface area contributed by atoms with Gasteiger partial charge in [0.25, 0.3) is 0 Å². The molecule has 2 aromatic carbocycles. The van der Waals surface area contributed by atoms with Crippen LogP contribution in [0.15, 0.2) is 48.5 Å². The summed E-state index contributed by atoms with van der Waals surface area (Å²) in [4.78, 5) is 0. The largest absolute Gasteiger partial charge is 0.491 e. The quantitative estimate of drug-likeness (QED) is 0.856. The molecule has 0 aliphatic rings. The van der Waals surface area contributed by atoms with E-state index in [1.165, 1.54) is 5.56 Å². The third-order valence-electron chi connectivity index (χ3n) is 2.83. The Morgan fingerprint density at radius 2 is 1.95 bits per heavy atom. The molecule has 0 saturated heterocycles. The van der Waals surface area contributed by atoms with Crippen molar-refractivity contribution in [1.82, 2.24) is 0 Å². The lowest BCUT2D eigenvalue weighted by Crippen LogP contribution is -2.26. The van der Waals surface area contributed by atoms with Crippen LogP contribution in [-0.2, 0) is 0 Å². The van der Waals surface area contributed by atoms with E-state index < -0.39 is 6.10 Å². The maximum atomic E-state index is 9.88. The molecule has 0 bridgehead atoms. The zero-order chi connectivity index (χ0) is 14.4. The van der Waals surface area contributed by atoms with E-state index >= 15 is 0 Å².